The highest BCUT2D eigenvalue weighted by atomic mass is 32.1. The number of carbonyl (C=O) groups excluding carboxylic acids is 1. The van der Waals surface area contributed by atoms with Crippen LogP contribution in [0.15, 0.2) is 30.3 Å². The molecule has 0 saturated carbocycles. The molecule has 2 aromatic heterocycles. The topological polar surface area (TPSA) is 41.4 Å². The maximum Gasteiger partial charge on any atom is 0.264 e. The maximum atomic E-state index is 12.9. The molecule has 3 heterocycles. The van der Waals surface area contributed by atoms with Crippen molar-refractivity contribution in [3.8, 4) is 0 Å². The number of fused-ring (bicyclic) bond motifs is 1. The number of aryl methyl sites for hydroxylation is 3. The van der Waals surface area contributed by atoms with E-state index in [1.807, 2.05) is 29.6 Å². The summed E-state index contributed by atoms with van der Waals surface area (Å²) in [4.78, 5) is 19.1. The summed E-state index contributed by atoms with van der Waals surface area (Å²) in [5, 5.41) is 5.50. The van der Waals surface area contributed by atoms with Gasteiger partial charge in [-0.2, -0.15) is 5.10 Å². The van der Waals surface area contributed by atoms with E-state index in [4.69, 9.17) is 0 Å². The van der Waals surface area contributed by atoms with E-state index in [1.54, 1.807) is 11.3 Å². The van der Waals surface area contributed by atoms with Crippen LogP contribution in [0.5, 0.6) is 0 Å². The number of piperazine rings is 1. The van der Waals surface area contributed by atoms with Gasteiger partial charge in [0.1, 0.15) is 4.83 Å². The number of hydrogen-bond donors (Lipinski definition) is 0. The van der Waals surface area contributed by atoms with Gasteiger partial charge < -0.3 is 9.80 Å². The fraction of sp³-hybridized carbons (Fsp3) is 0.368. The van der Waals surface area contributed by atoms with Gasteiger partial charge in [0.2, 0.25) is 0 Å². The van der Waals surface area contributed by atoms with E-state index in [-0.39, 0.29) is 5.91 Å². The summed E-state index contributed by atoms with van der Waals surface area (Å²) in [7, 11) is 1.93. The van der Waals surface area contributed by atoms with Crippen LogP contribution in [-0.4, -0.2) is 46.8 Å². The Balaban J connectivity index is 1.48. The van der Waals surface area contributed by atoms with Gasteiger partial charge in [-0.25, -0.2) is 0 Å². The van der Waals surface area contributed by atoms with Crippen molar-refractivity contribution in [3.05, 3.63) is 46.5 Å². The molecule has 1 fully saturated rings. The molecule has 3 aromatic rings. The monoisotopic (exact) mass is 354 g/mol. The molecule has 0 spiro atoms. The first-order valence-corrected chi connectivity index (χ1v) is 9.38. The summed E-state index contributed by atoms with van der Waals surface area (Å²) >= 11 is 1.54. The van der Waals surface area contributed by atoms with Crippen molar-refractivity contribution in [2.45, 2.75) is 13.8 Å². The average Bonchev–Trinajstić information content (AvgIpc) is 3.16. The van der Waals surface area contributed by atoms with Gasteiger partial charge in [0.05, 0.1) is 10.6 Å². The first-order valence-electron chi connectivity index (χ1n) is 8.57. The molecule has 6 heteroatoms. The third-order valence-corrected chi connectivity index (χ3v) is 6.03. The number of hydrogen-bond acceptors (Lipinski definition) is 4. The Labute approximate surface area is 151 Å². The Morgan fingerprint density at radius 1 is 1.12 bits per heavy atom. The second-order valence-electron chi connectivity index (χ2n) is 6.66. The standard InChI is InChI=1S/C19H22N4OS/c1-13-5-4-6-15(11-13)22-7-9-23(10-8-22)18(24)17-12-16-14(2)20-21(3)19(16)25-17/h4-6,11-12H,7-10H2,1-3H3. The molecular weight excluding hydrogens is 332 g/mol. The average molecular weight is 354 g/mol. The summed E-state index contributed by atoms with van der Waals surface area (Å²) in [6.07, 6.45) is 0. The van der Waals surface area contributed by atoms with E-state index < -0.39 is 0 Å². The van der Waals surface area contributed by atoms with Crippen LogP contribution in [0.1, 0.15) is 20.9 Å². The third-order valence-electron chi connectivity index (χ3n) is 4.84. The lowest BCUT2D eigenvalue weighted by atomic mass is 10.2. The number of thiophene rings is 1. The van der Waals surface area contributed by atoms with Gasteiger partial charge in [0.25, 0.3) is 5.91 Å². The summed E-state index contributed by atoms with van der Waals surface area (Å²) in [5.74, 6) is 0.143. The Morgan fingerprint density at radius 3 is 2.56 bits per heavy atom. The molecule has 0 radical (unpaired) electrons. The van der Waals surface area contributed by atoms with Gasteiger partial charge in [0.15, 0.2) is 0 Å². The van der Waals surface area contributed by atoms with Crippen LogP contribution in [-0.2, 0) is 7.05 Å². The van der Waals surface area contributed by atoms with Crippen molar-refractivity contribution in [2.24, 2.45) is 7.05 Å². The summed E-state index contributed by atoms with van der Waals surface area (Å²) in [5.41, 5.74) is 3.50. The molecule has 0 unspecified atom stereocenters. The number of aromatic nitrogens is 2. The predicted octanol–water partition coefficient (Wildman–Crippen LogP) is 3.21. The Hall–Kier alpha value is -2.34. The molecule has 0 atom stereocenters. The Bertz CT molecular complexity index is 900. The molecule has 4 rings (SSSR count). The van der Waals surface area contributed by atoms with Gasteiger partial charge in [-0.3, -0.25) is 9.48 Å². The number of amides is 1. The summed E-state index contributed by atoms with van der Waals surface area (Å²) < 4.78 is 1.86. The van der Waals surface area contributed by atoms with Crippen molar-refractivity contribution in [1.82, 2.24) is 14.7 Å². The van der Waals surface area contributed by atoms with Crippen molar-refractivity contribution in [2.75, 3.05) is 31.1 Å². The van der Waals surface area contributed by atoms with E-state index in [0.717, 1.165) is 47.0 Å². The molecule has 1 aliphatic rings. The van der Waals surface area contributed by atoms with Gasteiger partial charge in [-0.1, -0.05) is 12.1 Å². The highest BCUT2D eigenvalue weighted by Crippen LogP contribution is 2.29. The minimum atomic E-state index is 0.143. The van der Waals surface area contributed by atoms with Crippen molar-refractivity contribution >= 4 is 33.1 Å². The number of benzene rings is 1. The van der Waals surface area contributed by atoms with Crippen LogP contribution >= 0.6 is 11.3 Å². The molecule has 130 valence electrons. The first-order chi connectivity index (χ1) is 12.0. The van der Waals surface area contributed by atoms with Crippen LogP contribution in [0.3, 0.4) is 0 Å². The smallest absolute Gasteiger partial charge is 0.264 e. The number of carbonyl (C=O) groups is 1. The van der Waals surface area contributed by atoms with Crippen molar-refractivity contribution < 1.29 is 4.79 Å². The van der Waals surface area contributed by atoms with Crippen LogP contribution in [0.2, 0.25) is 0 Å². The normalized spacial score (nSPS) is 15.2. The van der Waals surface area contributed by atoms with E-state index >= 15 is 0 Å². The molecule has 5 nitrogen and oxygen atoms in total. The van der Waals surface area contributed by atoms with Gasteiger partial charge in [-0.05, 0) is 37.6 Å². The molecule has 0 N–H and O–H groups in total. The predicted molar refractivity (Wildman–Crippen MR) is 103 cm³/mol. The highest BCUT2D eigenvalue weighted by Gasteiger charge is 2.24. The molecule has 1 aromatic carbocycles. The quantitative estimate of drug-likeness (QED) is 0.710. The number of rotatable bonds is 2. The molecular formula is C19H22N4OS. The minimum Gasteiger partial charge on any atom is -0.368 e. The zero-order valence-corrected chi connectivity index (χ0v) is 15.6. The van der Waals surface area contributed by atoms with Crippen LogP contribution in [0.25, 0.3) is 10.2 Å². The molecule has 0 aliphatic carbocycles. The van der Waals surface area contributed by atoms with Crippen molar-refractivity contribution in [1.29, 1.82) is 0 Å². The highest BCUT2D eigenvalue weighted by molar-refractivity contribution is 7.20. The maximum absolute atomic E-state index is 12.9. The van der Waals surface area contributed by atoms with E-state index in [9.17, 15) is 4.79 Å². The van der Waals surface area contributed by atoms with Gasteiger partial charge >= 0.3 is 0 Å². The number of nitrogens with zero attached hydrogens (tertiary/aromatic N) is 4. The minimum absolute atomic E-state index is 0.143. The number of anilines is 1. The largest absolute Gasteiger partial charge is 0.368 e. The molecule has 1 aliphatic heterocycles. The SMILES string of the molecule is Cc1cccc(N2CCN(C(=O)c3cc4c(C)nn(C)c4s3)CC2)c1. The first kappa shape index (κ1) is 16.1. The summed E-state index contributed by atoms with van der Waals surface area (Å²) in [6.45, 7) is 7.38. The molecule has 1 amide bonds. The third kappa shape index (κ3) is 2.91. The van der Waals surface area contributed by atoms with Crippen LogP contribution in [0.4, 0.5) is 5.69 Å². The Kier molecular flexibility index (Phi) is 4.00. The Morgan fingerprint density at radius 2 is 1.88 bits per heavy atom. The lowest BCUT2D eigenvalue weighted by Crippen LogP contribution is -2.48. The lowest BCUT2D eigenvalue weighted by molar-refractivity contribution is 0.0751. The van der Waals surface area contributed by atoms with Gasteiger partial charge in [-0.15, -0.1) is 11.3 Å². The fourth-order valence-electron chi connectivity index (χ4n) is 3.46. The fourth-order valence-corrected chi connectivity index (χ4v) is 4.55. The molecule has 1 saturated heterocycles. The lowest BCUT2D eigenvalue weighted by Gasteiger charge is -2.36. The van der Waals surface area contributed by atoms with Crippen LogP contribution in [0, 0.1) is 13.8 Å². The van der Waals surface area contributed by atoms with Crippen molar-refractivity contribution in [3.63, 3.8) is 0 Å². The zero-order chi connectivity index (χ0) is 17.6. The summed E-state index contributed by atoms with van der Waals surface area (Å²) in [6, 6.07) is 10.6. The van der Waals surface area contributed by atoms with Crippen LogP contribution < -0.4 is 4.90 Å². The van der Waals surface area contributed by atoms with E-state index in [2.05, 4.69) is 41.2 Å². The second kappa shape index (κ2) is 6.19. The zero-order valence-electron chi connectivity index (χ0n) is 14.8. The van der Waals surface area contributed by atoms with E-state index in [0.29, 0.717) is 0 Å². The van der Waals surface area contributed by atoms with Gasteiger partial charge in [0, 0.05) is 44.3 Å². The molecule has 0 bridgehead atoms. The second-order valence-corrected chi connectivity index (χ2v) is 7.69. The van der Waals surface area contributed by atoms with E-state index in [1.165, 1.54) is 11.3 Å². The molecule has 25 heavy (non-hydrogen) atoms.